The molecule has 0 saturated heterocycles. The number of benzene rings is 1. The molecule has 108 valence electrons. The Hall–Kier alpha value is -2.60. The molecule has 6 heteroatoms. The molecule has 1 amide bonds. The Morgan fingerprint density at radius 3 is 2.81 bits per heavy atom. The van der Waals surface area contributed by atoms with E-state index in [-0.39, 0.29) is 5.91 Å². The summed E-state index contributed by atoms with van der Waals surface area (Å²) in [5, 5.41) is 2.82. The number of amides is 1. The number of hydrogen-bond acceptors (Lipinski definition) is 5. The van der Waals surface area contributed by atoms with Gasteiger partial charge in [0.1, 0.15) is 13.2 Å². The topological polar surface area (TPSA) is 86.5 Å². The minimum Gasteiger partial charge on any atom is -0.486 e. The highest BCUT2D eigenvalue weighted by molar-refractivity contribution is 6.04. The number of rotatable bonds is 3. The lowest BCUT2D eigenvalue weighted by Gasteiger charge is -2.19. The lowest BCUT2D eigenvalue weighted by atomic mass is 10.2. The van der Waals surface area contributed by atoms with Crippen LogP contribution in [0.25, 0.3) is 0 Å². The standard InChI is InChI=1S/C15H15N3O3/c16-9-12-7-10(3-4-17-12)15(19)18-11-1-2-13-14(8-11)21-6-5-20-13/h1-4,7-8H,5-6,9,16H2,(H,18,19). The zero-order valence-electron chi connectivity index (χ0n) is 11.3. The SMILES string of the molecule is NCc1cc(C(=O)Nc2ccc3c(c2)OCCO3)ccn1. The van der Waals surface area contributed by atoms with Gasteiger partial charge in [-0.3, -0.25) is 9.78 Å². The van der Waals surface area contributed by atoms with Gasteiger partial charge in [-0.05, 0) is 24.3 Å². The maximum atomic E-state index is 12.2. The van der Waals surface area contributed by atoms with Crippen molar-refractivity contribution >= 4 is 11.6 Å². The van der Waals surface area contributed by atoms with Gasteiger partial charge in [0.05, 0.1) is 5.69 Å². The smallest absolute Gasteiger partial charge is 0.255 e. The molecule has 2 heterocycles. The van der Waals surface area contributed by atoms with Crippen LogP contribution < -0.4 is 20.5 Å². The van der Waals surface area contributed by atoms with Crippen LogP contribution in [0.4, 0.5) is 5.69 Å². The van der Waals surface area contributed by atoms with Crippen molar-refractivity contribution < 1.29 is 14.3 Å². The Morgan fingerprint density at radius 2 is 2.00 bits per heavy atom. The lowest BCUT2D eigenvalue weighted by Crippen LogP contribution is -2.16. The summed E-state index contributed by atoms with van der Waals surface area (Å²) in [5.41, 5.74) is 7.36. The fourth-order valence-electron chi connectivity index (χ4n) is 2.06. The second kappa shape index (κ2) is 5.80. The van der Waals surface area contributed by atoms with Crippen LogP contribution in [0.2, 0.25) is 0 Å². The van der Waals surface area contributed by atoms with Gasteiger partial charge in [0.15, 0.2) is 11.5 Å². The van der Waals surface area contributed by atoms with Crippen LogP contribution in [0, 0.1) is 0 Å². The summed E-state index contributed by atoms with van der Waals surface area (Å²) in [5.74, 6) is 1.11. The number of aromatic nitrogens is 1. The van der Waals surface area contributed by atoms with E-state index in [4.69, 9.17) is 15.2 Å². The molecule has 21 heavy (non-hydrogen) atoms. The van der Waals surface area contributed by atoms with Crippen LogP contribution in [0.1, 0.15) is 16.1 Å². The first-order valence-corrected chi connectivity index (χ1v) is 6.62. The third-order valence-electron chi connectivity index (χ3n) is 3.09. The maximum Gasteiger partial charge on any atom is 0.255 e. The van der Waals surface area contributed by atoms with Crippen molar-refractivity contribution in [3.63, 3.8) is 0 Å². The summed E-state index contributed by atoms with van der Waals surface area (Å²) in [6, 6.07) is 8.62. The number of pyridine rings is 1. The van der Waals surface area contributed by atoms with Crippen molar-refractivity contribution in [2.45, 2.75) is 6.54 Å². The van der Waals surface area contributed by atoms with Gasteiger partial charge in [0, 0.05) is 30.1 Å². The molecular formula is C15H15N3O3. The van der Waals surface area contributed by atoms with Gasteiger partial charge in [-0.15, -0.1) is 0 Å². The highest BCUT2D eigenvalue weighted by atomic mass is 16.6. The highest BCUT2D eigenvalue weighted by Gasteiger charge is 2.13. The molecule has 2 aromatic rings. The molecule has 0 aliphatic carbocycles. The Labute approximate surface area is 121 Å². The van der Waals surface area contributed by atoms with Crippen molar-refractivity contribution in [1.29, 1.82) is 0 Å². The first-order chi connectivity index (χ1) is 10.3. The molecule has 1 aromatic carbocycles. The van der Waals surface area contributed by atoms with Crippen LogP contribution in [0.3, 0.4) is 0 Å². The summed E-state index contributed by atoms with van der Waals surface area (Å²) < 4.78 is 10.9. The van der Waals surface area contributed by atoms with Gasteiger partial charge in [0.2, 0.25) is 0 Å². The maximum absolute atomic E-state index is 12.2. The van der Waals surface area contributed by atoms with Crippen molar-refractivity contribution in [2.75, 3.05) is 18.5 Å². The summed E-state index contributed by atoms with van der Waals surface area (Å²) in [4.78, 5) is 16.3. The first kappa shape index (κ1) is 13.4. The van der Waals surface area contributed by atoms with Gasteiger partial charge in [-0.25, -0.2) is 0 Å². The Balaban J connectivity index is 1.78. The molecule has 0 spiro atoms. The fourth-order valence-corrected chi connectivity index (χ4v) is 2.06. The van der Waals surface area contributed by atoms with Crippen LogP contribution in [-0.4, -0.2) is 24.1 Å². The zero-order valence-corrected chi connectivity index (χ0v) is 11.3. The minimum atomic E-state index is -0.219. The van der Waals surface area contributed by atoms with Gasteiger partial charge in [0.25, 0.3) is 5.91 Å². The van der Waals surface area contributed by atoms with Crippen LogP contribution in [0.15, 0.2) is 36.5 Å². The van der Waals surface area contributed by atoms with E-state index in [0.717, 1.165) is 0 Å². The summed E-state index contributed by atoms with van der Waals surface area (Å²) in [6.45, 7) is 1.34. The average Bonchev–Trinajstić information content (AvgIpc) is 2.54. The van der Waals surface area contributed by atoms with E-state index >= 15 is 0 Å². The molecule has 6 nitrogen and oxygen atoms in total. The molecule has 3 rings (SSSR count). The fraction of sp³-hybridized carbons (Fsp3) is 0.200. The quantitative estimate of drug-likeness (QED) is 0.893. The summed E-state index contributed by atoms with van der Waals surface area (Å²) >= 11 is 0. The van der Waals surface area contributed by atoms with Crippen LogP contribution in [0.5, 0.6) is 11.5 Å². The van der Waals surface area contributed by atoms with E-state index < -0.39 is 0 Å². The number of carbonyl (C=O) groups excluding carboxylic acids is 1. The predicted octanol–water partition coefficient (Wildman–Crippen LogP) is 1.56. The normalized spacial score (nSPS) is 12.8. The van der Waals surface area contributed by atoms with Crippen LogP contribution >= 0.6 is 0 Å². The number of carbonyl (C=O) groups is 1. The van der Waals surface area contributed by atoms with Gasteiger partial charge in [-0.2, -0.15) is 0 Å². The highest BCUT2D eigenvalue weighted by Crippen LogP contribution is 2.32. The van der Waals surface area contributed by atoms with E-state index in [1.54, 1.807) is 36.5 Å². The molecular weight excluding hydrogens is 270 g/mol. The number of ether oxygens (including phenoxy) is 2. The monoisotopic (exact) mass is 285 g/mol. The third kappa shape index (κ3) is 2.95. The number of nitrogens with zero attached hydrogens (tertiary/aromatic N) is 1. The molecule has 1 aliphatic rings. The molecule has 0 fully saturated rings. The van der Waals surface area contributed by atoms with Crippen molar-refractivity contribution in [3.05, 3.63) is 47.8 Å². The second-order valence-corrected chi connectivity index (χ2v) is 4.55. The molecule has 0 radical (unpaired) electrons. The lowest BCUT2D eigenvalue weighted by molar-refractivity contribution is 0.102. The number of hydrogen-bond donors (Lipinski definition) is 2. The molecule has 1 aliphatic heterocycles. The van der Waals surface area contributed by atoms with E-state index in [1.807, 2.05) is 0 Å². The largest absolute Gasteiger partial charge is 0.486 e. The van der Waals surface area contributed by atoms with E-state index in [2.05, 4.69) is 10.3 Å². The molecule has 0 bridgehead atoms. The van der Waals surface area contributed by atoms with E-state index in [1.165, 1.54) is 0 Å². The van der Waals surface area contributed by atoms with Gasteiger partial charge in [-0.1, -0.05) is 0 Å². The van der Waals surface area contributed by atoms with Crippen LogP contribution in [-0.2, 0) is 6.54 Å². The summed E-state index contributed by atoms with van der Waals surface area (Å²) in [7, 11) is 0. The zero-order chi connectivity index (χ0) is 14.7. The third-order valence-corrected chi connectivity index (χ3v) is 3.09. The predicted molar refractivity (Wildman–Crippen MR) is 77.5 cm³/mol. The number of fused-ring (bicyclic) bond motifs is 1. The number of nitrogens with one attached hydrogen (secondary N) is 1. The Morgan fingerprint density at radius 1 is 1.19 bits per heavy atom. The Kier molecular flexibility index (Phi) is 3.70. The Bertz CT molecular complexity index is 673. The average molecular weight is 285 g/mol. The number of anilines is 1. The van der Waals surface area contributed by atoms with Crippen molar-refractivity contribution in [1.82, 2.24) is 4.98 Å². The van der Waals surface area contributed by atoms with E-state index in [9.17, 15) is 4.79 Å². The molecule has 0 saturated carbocycles. The van der Waals surface area contributed by atoms with Crippen molar-refractivity contribution in [2.24, 2.45) is 5.73 Å². The first-order valence-electron chi connectivity index (χ1n) is 6.62. The van der Waals surface area contributed by atoms with Gasteiger partial charge < -0.3 is 20.5 Å². The van der Waals surface area contributed by atoms with Gasteiger partial charge >= 0.3 is 0 Å². The molecule has 3 N–H and O–H groups in total. The summed E-state index contributed by atoms with van der Waals surface area (Å²) in [6.07, 6.45) is 1.57. The van der Waals surface area contributed by atoms with Crippen molar-refractivity contribution in [3.8, 4) is 11.5 Å². The second-order valence-electron chi connectivity index (χ2n) is 4.55. The molecule has 1 aromatic heterocycles. The molecule has 0 atom stereocenters. The molecule has 0 unspecified atom stereocenters. The minimum absolute atomic E-state index is 0.219. The number of nitrogens with two attached hydrogens (primary N) is 1. The van der Waals surface area contributed by atoms with E-state index in [0.29, 0.717) is 48.2 Å².